The average Bonchev–Trinajstić information content (AvgIpc) is 2.35. The molecule has 2 N–H and O–H groups in total. The molecule has 0 atom stereocenters. The maximum absolute atomic E-state index is 11.5. The normalized spacial score (nSPS) is 9.76. The number of rotatable bonds is 4. The number of ether oxygens (including phenoxy) is 1. The van der Waals surface area contributed by atoms with Gasteiger partial charge in [-0.1, -0.05) is 0 Å². The van der Waals surface area contributed by atoms with Crippen LogP contribution >= 0.6 is 0 Å². The number of aromatic nitrogens is 1. The molecular formula is C11H15N3O3. The van der Waals surface area contributed by atoms with Gasteiger partial charge in [0.1, 0.15) is 5.69 Å². The Hall–Kier alpha value is -2.11. The van der Waals surface area contributed by atoms with Crippen molar-refractivity contribution in [1.82, 2.24) is 9.88 Å². The van der Waals surface area contributed by atoms with E-state index in [1.165, 1.54) is 17.2 Å². The third kappa shape index (κ3) is 3.75. The minimum absolute atomic E-state index is 0.131. The number of carbonyl (C=O) groups is 2. The molecule has 1 aromatic heterocycles. The summed E-state index contributed by atoms with van der Waals surface area (Å²) in [4.78, 5) is 28.1. The van der Waals surface area contributed by atoms with Crippen LogP contribution in [0, 0.1) is 0 Å². The summed E-state index contributed by atoms with van der Waals surface area (Å²) in [6.07, 6.45) is 1.36. The fraction of sp³-hybridized carbons (Fsp3) is 0.364. The molecule has 1 aromatic rings. The van der Waals surface area contributed by atoms with Gasteiger partial charge in [-0.3, -0.25) is 4.79 Å². The maximum atomic E-state index is 11.5. The monoisotopic (exact) mass is 237 g/mol. The standard InChI is InChI=1S/C11H15N3O3/c1-3-14(2)10(15)7-17-11(16)9-5-4-8(12)6-13-9/h4-6H,3,7,12H2,1-2H3. The molecule has 0 saturated heterocycles. The quantitative estimate of drug-likeness (QED) is 0.761. The number of anilines is 1. The van der Waals surface area contributed by atoms with Crippen molar-refractivity contribution in [3.8, 4) is 0 Å². The molecule has 0 saturated carbocycles. The first-order chi connectivity index (χ1) is 8.04. The van der Waals surface area contributed by atoms with E-state index >= 15 is 0 Å². The van der Waals surface area contributed by atoms with Crippen molar-refractivity contribution in [3.63, 3.8) is 0 Å². The van der Waals surface area contributed by atoms with E-state index in [2.05, 4.69) is 4.98 Å². The van der Waals surface area contributed by atoms with Crippen molar-refractivity contribution >= 4 is 17.6 Å². The van der Waals surface area contributed by atoms with Crippen LogP contribution in [0.4, 0.5) is 5.69 Å². The highest BCUT2D eigenvalue weighted by atomic mass is 16.5. The van der Waals surface area contributed by atoms with Gasteiger partial charge in [0, 0.05) is 13.6 Å². The number of likely N-dealkylation sites (N-methyl/N-ethyl adjacent to an activating group) is 1. The number of nitrogens with two attached hydrogens (primary N) is 1. The second-order valence-corrected chi connectivity index (χ2v) is 3.46. The van der Waals surface area contributed by atoms with Crippen LogP contribution in [0.2, 0.25) is 0 Å². The zero-order valence-electron chi connectivity index (χ0n) is 9.84. The molecule has 0 aliphatic heterocycles. The fourth-order valence-corrected chi connectivity index (χ4v) is 1.01. The molecule has 1 rings (SSSR count). The van der Waals surface area contributed by atoms with Crippen molar-refractivity contribution in [1.29, 1.82) is 0 Å². The SMILES string of the molecule is CCN(C)C(=O)COC(=O)c1ccc(N)cn1. The molecule has 0 fully saturated rings. The van der Waals surface area contributed by atoms with Crippen LogP contribution in [0.15, 0.2) is 18.3 Å². The second kappa shape index (κ2) is 5.83. The predicted octanol–water partition coefficient (Wildman–Crippen LogP) is 0.299. The average molecular weight is 237 g/mol. The number of amides is 1. The summed E-state index contributed by atoms with van der Waals surface area (Å²) in [6.45, 7) is 2.12. The van der Waals surface area contributed by atoms with Gasteiger partial charge in [-0.05, 0) is 19.1 Å². The van der Waals surface area contributed by atoms with Crippen LogP contribution in [0.1, 0.15) is 17.4 Å². The highest BCUT2D eigenvalue weighted by Crippen LogP contribution is 2.02. The van der Waals surface area contributed by atoms with Gasteiger partial charge < -0.3 is 15.4 Å². The van der Waals surface area contributed by atoms with Crippen LogP contribution < -0.4 is 5.73 Å². The number of nitrogens with zero attached hydrogens (tertiary/aromatic N) is 2. The molecule has 0 aliphatic carbocycles. The number of esters is 1. The largest absolute Gasteiger partial charge is 0.451 e. The van der Waals surface area contributed by atoms with E-state index in [4.69, 9.17) is 10.5 Å². The predicted molar refractivity (Wildman–Crippen MR) is 62.2 cm³/mol. The van der Waals surface area contributed by atoms with Crippen molar-refractivity contribution in [2.24, 2.45) is 0 Å². The van der Waals surface area contributed by atoms with Crippen molar-refractivity contribution in [3.05, 3.63) is 24.0 Å². The topological polar surface area (TPSA) is 85.5 Å². The molecule has 17 heavy (non-hydrogen) atoms. The first-order valence-corrected chi connectivity index (χ1v) is 5.17. The Morgan fingerprint density at radius 3 is 2.71 bits per heavy atom. The number of pyridine rings is 1. The molecule has 0 spiro atoms. The molecule has 0 aromatic carbocycles. The van der Waals surface area contributed by atoms with Crippen molar-refractivity contribution in [2.75, 3.05) is 25.9 Å². The lowest BCUT2D eigenvalue weighted by atomic mass is 10.3. The van der Waals surface area contributed by atoms with E-state index in [1.807, 2.05) is 6.92 Å². The Morgan fingerprint density at radius 1 is 1.47 bits per heavy atom. The molecule has 0 aliphatic rings. The van der Waals surface area contributed by atoms with Crippen LogP contribution in [0.5, 0.6) is 0 Å². The van der Waals surface area contributed by atoms with E-state index in [0.717, 1.165) is 0 Å². The van der Waals surface area contributed by atoms with E-state index in [-0.39, 0.29) is 18.2 Å². The van der Waals surface area contributed by atoms with Gasteiger partial charge in [-0.2, -0.15) is 0 Å². The molecule has 92 valence electrons. The molecule has 0 radical (unpaired) electrons. The Labute approximate surface area is 99.4 Å². The van der Waals surface area contributed by atoms with Gasteiger partial charge in [0.2, 0.25) is 0 Å². The lowest BCUT2D eigenvalue weighted by Crippen LogP contribution is -2.31. The van der Waals surface area contributed by atoms with E-state index < -0.39 is 5.97 Å². The number of nitrogen functional groups attached to an aromatic ring is 1. The summed E-state index contributed by atoms with van der Waals surface area (Å²) in [5, 5.41) is 0. The van der Waals surface area contributed by atoms with Crippen molar-refractivity contribution in [2.45, 2.75) is 6.92 Å². The minimum Gasteiger partial charge on any atom is -0.451 e. The van der Waals surface area contributed by atoms with Gasteiger partial charge in [0.15, 0.2) is 6.61 Å². The van der Waals surface area contributed by atoms with E-state index in [9.17, 15) is 9.59 Å². The third-order valence-electron chi connectivity index (χ3n) is 2.22. The number of hydrogen-bond acceptors (Lipinski definition) is 5. The number of hydrogen-bond donors (Lipinski definition) is 1. The Kier molecular flexibility index (Phi) is 4.45. The van der Waals surface area contributed by atoms with Gasteiger partial charge in [-0.15, -0.1) is 0 Å². The van der Waals surface area contributed by atoms with Crippen LogP contribution in [0.3, 0.4) is 0 Å². The Balaban J connectivity index is 2.50. The van der Waals surface area contributed by atoms with Crippen LogP contribution in [-0.4, -0.2) is 42.0 Å². The van der Waals surface area contributed by atoms with Gasteiger partial charge in [0.25, 0.3) is 5.91 Å². The summed E-state index contributed by atoms with van der Waals surface area (Å²) >= 11 is 0. The highest BCUT2D eigenvalue weighted by Gasteiger charge is 2.13. The molecule has 1 amide bonds. The second-order valence-electron chi connectivity index (χ2n) is 3.46. The van der Waals surface area contributed by atoms with E-state index in [0.29, 0.717) is 12.2 Å². The van der Waals surface area contributed by atoms with Gasteiger partial charge in [0.05, 0.1) is 11.9 Å². The molecule has 0 bridgehead atoms. The van der Waals surface area contributed by atoms with Crippen LogP contribution in [0.25, 0.3) is 0 Å². The Bertz CT molecular complexity index is 403. The summed E-state index contributed by atoms with van der Waals surface area (Å²) in [6, 6.07) is 3.00. The molecule has 6 heteroatoms. The zero-order valence-corrected chi connectivity index (χ0v) is 9.84. The summed E-state index contributed by atoms with van der Waals surface area (Å²) in [5.74, 6) is -0.890. The smallest absolute Gasteiger partial charge is 0.357 e. The number of carbonyl (C=O) groups excluding carboxylic acids is 2. The summed E-state index contributed by atoms with van der Waals surface area (Å²) in [7, 11) is 1.64. The highest BCUT2D eigenvalue weighted by molar-refractivity contribution is 5.89. The first kappa shape index (κ1) is 13.0. The summed E-state index contributed by atoms with van der Waals surface area (Å²) < 4.78 is 4.82. The molecular weight excluding hydrogens is 222 g/mol. The van der Waals surface area contributed by atoms with Crippen molar-refractivity contribution < 1.29 is 14.3 Å². The Morgan fingerprint density at radius 2 is 2.18 bits per heavy atom. The minimum atomic E-state index is -0.636. The molecule has 1 heterocycles. The zero-order chi connectivity index (χ0) is 12.8. The summed E-state index contributed by atoms with van der Waals surface area (Å²) in [5.41, 5.74) is 6.02. The lowest BCUT2D eigenvalue weighted by Gasteiger charge is -2.13. The third-order valence-corrected chi connectivity index (χ3v) is 2.22. The molecule has 6 nitrogen and oxygen atoms in total. The van der Waals surface area contributed by atoms with Gasteiger partial charge in [-0.25, -0.2) is 9.78 Å². The lowest BCUT2D eigenvalue weighted by molar-refractivity contribution is -0.133. The maximum Gasteiger partial charge on any atom is 0.357 e. The first-order valence-electron chi connectivity index (χ1n) is 5.17. The fourth-order valence-electron chi connectivity index (χ4n) is 1.01. The van der Waals surface area contributed by atoms with Crippen LogP contribution in [-0.2, 0) is 9.53 Å². The van der Waals surface area contributed by atoms with E-state index in [1.54, 1.807) is 13.1 Å². The molecule has 0 unspecified atom stereocenters. The van der Waals surface area contributed by atoms with Gasteiger partial charge >= 0.3 is 5.97 Å².